The van der Waals surface area contributed by atoms with Gasteiger partial charge in [-0.2, -0.15) is 0 Å². The smallest absolute Gasteiger partial charge is 0.342 e. The van der Waals surface area contributed by atoms with E-state index < -0.39 is 30.9 Å². The van der Waals surface area contributed by atoms with Crippen LogP contribution in [0.1, 0.15) is 51.7 Å². The molecule has 0 bridgehead atoms. The molecule has 0 aliphatic carbocycles. The number of rotatable bonds is 13. The van der Waals surface area contributed by atoms with E-state index in [1.54, 1.807) is 62.4 Å². The first-order valence-corrected chi connectivity index (χ1v) is 13.1. The van der Waals surface area contributed by atoms with Crippen LogP contribution >= 0.6 is 7.52 Å². The summed E-state index contributed by atoms with van der Waals surface area (Å²) >= 11 is 0. The average Bonchev–Trinajstić information content (AvgIpc) is 2.78. The van der Waals surface area contributed by atoms with Gasteiger partial charge >= 0.3 is 19.5 Å². The zero-order chi connectivity index (χ0) is 26.2. The predicted octanol–water partition coefficient (Wildman–Crippen LogP) is 4.67. The third-order valence-electron chi connectivity index (χ3n) is 5.48. The minimum absolute atomic E-state index is 0.0487. The number of methoxy groups -OCH3 is 1. The number of phenolic OH excluding ortho intramolecular Hbond substituents is 1. The number of ether oxygens (including phenoxy) is 2. The summed E-state index contributed by atoms with van der Waals surface area (Å²) in [6.45, 7) is 6.90. The molecule has 0 fully saturated rings. The standard InChI is InChI=1S/C25H34NO8P/c1-17(2)33-24(30)18(3)26-35(31,16-32-5)34-22-12-8-20(9-13-22)25(4,15-14-23(28)29)19-6-10-21(27)11-7-19/h6-13,17-18,27H,14-16H2,1-5H3,(H,26,31)(H,28,29)/t18-,25?,35?/m0/s1. The second kappa shape index (κ2) is 12.2. The van der Waals surface area contributed by atoms with E-state index in [0.717, 1.165) is 11.1 Å². The highest BCUT2D eigenvalue weighted by atomic mass is 31.2. The molecule has 0 spiro atoms. The van der Waals surface area contributed by atoms with Crippen molar-refractivity contribution >= 4 is 19.5 Å². The first-order chi connectivity index (χ1) is 16.4. The highest BCUT2D eigenvalue weighted by molar-refractivity contribution is 7.57. The summed E-state index contributed by atoms with van der Waals surface area (Å²) in [5, 5.41) is 21.6. The maximum absolute atomic E-state index is 13.3. The van der Waals surface area contributed by atoms with Crippen LogP contribution in [0.2, 0.25) is 0 Å². The summed E-state index contributed by atoms with van der Waals surface area (Å²) in [6, 6.07) is 12.6. The normalized spacial score (nSPS) is 15.6. The predicted molar refractivity (Wildman–Crippen MR) is 132 cm³/mol. The van der Waals surface area contributed by atoms with Crippen molar-refractivity contribution < 1.29 is 38.4 Å². The van der Waals surface area contributed by atoms with E-state index in [2.05, 4.69) is 5.09 Å². The summed E-state index contributed by atoms with van der Waals surface area (Å²) in [7, 11) is -2.24. The molecule has 0 radical (unpaired) electrons. The molecule has 35 heavy (non-hydrogen) atoms. The molecule has 3 atom stereocenters. The Labute approximate surface area is 205 Å². The SMILES string of the molecule is COCP(=O)(N[C@@H](C)C(=O)OC(C)C)Oc1ccc(C(C)(CCC(=O)O)c2ccc(O)cc2)cc1. The highest BCUT2D eigenvalue weighted by Crippen LogP contribution is 2.44. The Morgan fingerprint density at radius 3 is 2.06 bits per heavy atom. The lowest BCUT2D eigenvalue weighted by Gasteiger charge is -2.31. The fourth-order valence-electron chi connectivity index (χ4n) is 3.64. The molecule has 2 unspecified atom stereocenters. The van der Waals surface area contributed by atoms with Crippen molar-refractivity contribution in [3.05, 3.63) is 59.7 Å². The molecule has 0 amide bonds. The number of aliphatic carboxylic acids is 1. The lowest BCUT2D eigenvalue weighted by molar-refractivity contribution is -0.149. The second-order valence-electron chi connectivity index (χ2n) is 8.82. The van der Waals surface area contributed by atoms with Crippen molar-refractivity contribution in [3.8, 4) is 11.5 Å². The summed E-state index contributed by atoms with van der Waals surface area (Å²) < 4.78 is 29.3. The summed E-state index contributed by atoms with van der Waals surface area (Å²) in [6.07, 6.45) is -0.303. The Bertz CT molecular complexity index is 1040. The second-order valence-corrected chi connectivity index (χ2v) is 10.9. The van der Waals surface area contributed by atoms with Crippen molar-refractivity contribution in [3.63, 3.8) is 0 Å². The van der Waals surface area contributed by atoms with E-state index in [1.807, 2.05) is 6.92 Å². The van der Waals surface area contributed by atoms with Crippen LogP contribution in [0, 0.1) is 0 Å². The average molecular weight is 508 g/mol. The minimum atomic E-state index is -3.62. The topological polar surface area (TPSA) is 131 Å². The lowest BCUT2D eigenvalue weighted by Crippen LogP contribution is -2.36. The molecule has 192 valence electrons. The van der Waals surface area contributed by atoms with E-state index in [9.17, 15) is 24.4 Å². The zero-order valence-electron chi connectivity index (χ0n) is 20.7. The number of hydrogen-bond acceptors (Lipinski definition) is 7. The van der Waals surface area contributed by atoms with E-state index in [4.69, 9.17) is 14.0 Å². The van der Waals surface area contributed by atoms with Gasteiger partial charge in [-0.1, -0.05) is 31.2 Å². The summed E-state index contributed by atoms with van der Waals surface area (Å²) in [4.78, 5) is 23.4. The number of hydrogen-bond donors (Lipinski definition) is 3. The molecule has 0 aromatic heterocycles. The van der Waals surface area contributed by atoms with Crippen molar-refractivity contribution in [2.24, 2.45) is 0 Å². The van der Waals surface area contributed by atoms with Crippen LogP contribution in [0.3, 0.4) is 0 Å². The molecule has 2 aromatic rings. The number of benzene rings is 2. The molecule has 0 heterocycles. The largest absolute Gasteiger partial charge is 0.508 e. The van der Waals surface area contributed by atoms with E-state index in [1.165, 1.54) is 14.0 Å². The van der Waals surface area contributed by atoms with Crippen LogP contribution < -0.4 is 9.61 Å². The molecule has 9 nitrogen and oxygen atoms in total. The van der Waals surface area contributed by atoms with Crippen LogP contribution in [0.25, 0.3) is 0 Å². The Hall–Kier alpha value is -2.87. The van der Waals surface area contributed by atoms with Crippen molar-refractivity contribution in [1.29, 1.82) is 0 Å². The van der Waals surface area contributed by atoms with Crippen LogP contribution in [0.4, 0.5) is 0 Å². The molecule has 0 aliphatic heterocycles. The number of carbonyl (C=O) groups excluding carboxylic acids is 1. The Kier molecular flexibility index (Phi) is 9.89. The fraction of sp³-hybridized carbons (Fsp3) is 0.440. The number of carbonyl (C=O) groups is 2. The monoisotopic (exact) mass is 507 g/mol. The van der Waals surface area contributed by atoms with Gasteiger partial charge in [0, 0.05) is 18.9 Å². The van der Waals surface area contributed by atoms with E-state index >= 15 is 0 Å². The Balaban J connectivity index is 2.28. The molecular formula is C25H34NO8P. The number of carboxylic acids is 1. The maximum atomic E-state index is 13.3. The third kappa shape index (κ3) is 8.09. The molecule has 0 saturated carbocycles. The molecular weight excluding hydrogens is 473 g/mol. The van der Waals surface area contributed by atoms with E-state index in [-0.39, 0.29) is 30.4 Å². The van der Waals surface area contributed by atoms with Gasteiger partial charge in [-0.05, 0) is 62.6 Å². The number of aromatic hydroxyl groups is 1. The first-order valence-electron chi connectivity index (χ1n) is 11.3. The van der Waals surface area contributed by atoms with Gasteiger partial charge in [0.05, 0.1) is 6.10 Å². The molecule has 2 aromatic carbocycles. The maximum Gasteiger partial charge on any atom is 0.342 e. The van der Waals surface area contributed by atoms with Crippen LogP contribution in [-0.2, 0) is 29.0 Å². The number of nitrogens with one attached hydrogen (secondary N) is 1. The van der Waals surface area contributed by atoms with Gasteiger partial charge in [0.2, 0.25) is 0 Å². The minimum Gasteiger partial charge on any atom is -0.508 e. The number of carboxylic acid groups (broad SMARTS) is 1. The van der Waals surface area contributed by atoms with Gasteiger partial charge in [0.25, 0.3) is 0 Å². The number of phenols is 1. The fourth-order valence-corrected chi connectivity index (χ4v) is 5.32. The Morgan fingerprint density at radius 2 is 1.57 bits per heavy atom. The van der Waals surface area contributed by atoms with Crippen molar-refractivity contribution in [1.82, 2.24) is 5.09 Å². The first kappa shape index (κ1) is 28.4. The molecule has 10 heteroatoms. The van der Waals surface area contributed by atoms with Gasteiger partial charge < -0.3 is 24.2 Å². The van der Waals surface area contributed by atoms with E-state index in [0.29, 0.717) is 6.42 Å². The van der Waals surface area contributed by atoms with Crippen LogP contribution in [-0.4, -0.2) is 47.8 Å². The molecule has 2 rings (SSSR count). The Morgan fingerprint density at radius 1 is 1.03 bits per heavy atom. The van der Waals surface area contributed by atoms with Gasteiger partial charge in [0.15, 0.2) is 0 Å². The van der Waals surface area contributed by atoms with Crippen LogP contribution in [0.5, 0.6) is 11.5 Å². The quantitative estimate of drug-likeness (QED) is 0.261. The van der Waals surface area contributed by atoms with Gasteiger partial charge in [-0.25, -0.2) is 5.09 Å². The third-order valence-corrected chi connectivity index (χ3v) is 7.37. The van der Waals surface area contributed by atoms with Gasteiger partial charge in [0.1, 0.15) is 23.9 Å². The van der Waals surface area contributed by atoms with Crippen molar-refractivity contribution in [2.45, 2.75) is 58.1 Å². The zero-order valence-corrected chi connectivity index (χ0v) is 21.6. The summed E-state index contributed by atoms with van der Waals surface area (Å²) in [5.74, 6) is -1.06. The van der Waals surface area contributed by atoms with Crippen LogP contribution in [0.15, 0.2) is 48.5 Å². The van der Waals surface area contributed by atoms with Crippen molar-refractivity contribution in [2.75, 3.05) is 13.5 Å². The summed E-state index contributed by atoms with van der Waals surface area (Å²) in [5.41, 5.74) is 1.00. The number of esters is 1. The molecule has 0 saturated heterocycles. The lowest BCUT2D eigenvalue weighted by atomic mass is 9.73. The molecule has 0 aliphatic rings. The van der Waals surface area contributed by atoms with Gasteiger partial charge in [-0.15, -0.1) is 0 Å². The molecule has 3 N–H and O–H groups in total. The highest BCUT2D eigenvalue weighted by Gasteiger charge is 2.32. The van der Waals surface area contributed by atoms with Gasteiger partial charge in [-0.3, -0.25) is 14.2 Å².